The second-order valence-electron chi connectivity index (χ2n) is 6.19. The summed E-state index contributed by atoms with van der Waals surface area (Å²) in [4.78, 5) is 0. The number of hydrogen-bond donors (Lipinski definition) is 0. The SMILES string of the molecule is [c]1cccc2cc(-c3ccc4ccc5ccccc5c4c3)ccc12. The molecule has 0 aromatic heterocycles. The van der Waals surface area contributed by atoms with Gasteiger partial charge in [0.15, 0.2) is 0 Å². The van der Waals surface area contributed by atoms with Crippen molar-refractivity contribution in [2.24, 2.45) is 0 Å². The van der Waals surface area contributed by atoms with Crippen LogP contribution in [-0.2, 0) is 0 Å². The highest BCUT2D eigenvalue weighted by Gasteiger charge is 2.04. The molecule has 0 atom stereocenters. The van der Waals surface area contributed by atoms with Gasteiger partial charge in [-0.3, -0.25) is 0 Å². The first kappa shape index (κ1) is 13.3. The molecule has 5 aromatic carbocycles. The Morgan fingerprint density at radius 1 is 0.500 bits per heavy atom. The van der Waals surface area contributed by atoms with Crippen LogP contribution in [0.15, 0.2) is 91.0 Å². The first-order chi connectivity index (χ1) is 11.9. The Hall–Kier alpha value is -3.12. The molecule has 0 unspecified atom stereocenters. The Labute approximate surface area is 141 Å². The van der Waals surface area contributed by atoms with Crippen LogP contribution in [0.2, 0.25) is 0 Å². The summed E-state index contributed by atoms with van der Waals surface area (Å²) in [6.07, 6.45) is 0. The molecule has 0 aliphatic heterocycles. The minimum absolute atomic E-state index is 1.16. The third-order valence-corrected chi connectivity index (χ3v) is 4.74. The maximum Gasteiger partial charge on any atom is -0.00992 e. The third-order valence-electron chi connectivity index (χ3n) is 4.74. The Morgan fingerprint density at radius 3 is 2.17 bits per heavy atom. The molecule has 0 heteroatoms. The van der Waals surface area contributed by atoms with Crippen molar-refractivity contribution in [3.05, 3.63) is 97.1 Å². The fourth-order valence-corrected chi connectivity index (χ4v) is 3.48. The molecule has 5 aromatic rings. The van der Waals surface area contributed by atoms with Gasteiger partial charge in [0.05, 0.1) is 0 Å². The fourth-order valence-electron chi connectivity index (χ4n) is 3.48. The van der Waals surface area contributed by atoms with Crippen molar-refractivity contribution < 1.29 is 0 Å². The van der Waals surface area contributed by atoms with Crippen LogP contribution in [0, 0.1) is 6.07 Å². The van der Waals surface area contributed by atoms with Crippen LogP contribution in [0.25, 0.3) is 43.4 Å². The largest absolute Gasteiger partial charge is 0.0616 e. The van der Waals surface area contributed by atoms with Gasteiger partial charge in [-0.2, -0.15) is 0 Å². The van der Waals surface area contributed by atoms with Gasteiger partial charge in [0.2, 0.25) is 0 Å². The summed E-state index contributed by atoms with van der Waals surface area (Å²) in [6.45, 7) is 0. The zero-order chi connectivity index (χ0) is 15.9. The molecule has 0 heterocycles. The minimum atomic E-state index is 1.16. The van der Waals surface area contributed by atoms with E-state index >= 15 is 0 Å². The molecule has 0 spiro atoms. The maximum absolute atomic E-state index is 3.28. The van der Waals surface area contributed by atoms with E-state index < -0.39 is 0 Å². The molecule has 1 radical (unpaired) electrons. The average Bonchev–Trinajstić information content (AvgIpc) is 2.67. The van der Waals surface area contributed by atoms with Gasteiger partial charge >= 0.3 is 0 Å². The van der Waals surface area contributed by atoms with Crippen LogP contribution >= 0.6 is 0 Å². The normalized spacial score (nSPS) is 11.3. The summed E-state index contributed by atoms with van der Waals surface area (Å²) < 4.78 is 0. The van der Waals surface area contributed by atoms with Crippen molar-refractivity contribution in [2.75, 3.05) is 0 Å². The quantitative estimate of drug-likeness (QED) is 0.305. The monoisotopic (exact) mass is 303 g/mol. The lowest BCUT2D eigenvalue weighted by Crippen LogP contribution is -1.82. The molecule has 0 bridgehead atoms. The highest BCUT2D eigenvalue weighted by Crippen LogP contribution is 2.31. The van der Waals surface area contributed by atoms with Gasteiger partial charge in [0, 0.05) is 0 Å². The van der Waals surface area contributed by atoms with E-state index in [0.717, 1.165) is 5.39 Å². The highest BCUT2D eigenvalue weighted by molar-refractivity contribution is 6.08. The molecule has 0 amide bonds. The van der Waals surface area contributed by atoms with Gasteiger partial charge in [-0.05, 0) is 61.6 Å². The molecular weight excluding hydrogens is 288 g/mol. The molecule has 0 saturated heterocycles. The fraction of sp³-hybridized carbons (Fsp3) is 0. The van der Waals surface area contributed by atoms with Gasteiger partial charge in [-0.15, -0.1) is 0 Å². The number of rotatable bonds is 1. The Kier molecular flexibility index (Phi) is 2.89. The second-order valence-corrected chi connectivity index (χ2v) is 6.19. The van der Waals surface area contributed by atoms with Crippen LogP contribution in [0.4, 0.5) is 0 Å². The lowest BCUT2D eigenvalue weighted by molar-refractivity contribution is 1.68. The summed E-state index contributed by atoms with van der Waals surface area (Å²) in [6, 6.07) is 35.7. The van der Waals surface area contributed by atoms with E-state index in [9.17, 15) is 0 Å². The number of hydrogen-bond acceptors (Lipinski definition) is 0. The van der Waals surface area contributed by atoms with Crippen LogP contribution in [0.5, 0.6) is 0 Å². The molecule has 0 N–H and O–H groups in total. The third kappa shape index (κ3) is 2.08. The molecule has 0 fully saturated rings. The lowest BCUT2D eigenvalue weighted by Gasteiger charge is -2.08. The van der Waals surface area contributed by atoms with E-state index in [4.69, 9.17) is 0 Å². The van der Waals surface area contributed by atoms with Crippen LogP contribution in [0.3, 0.4) is 0 Å². The number of benzene rings is 5. The van der Waals surface area contributed by atoms with Crippen molar-refractivity contribution in [2.45, 2.75) is 0 Å². The topological polar surface area (TPSA) is 0 Å². The average molecular weight is 303 g/mol. The van der Waals surface area contributed by atoms with Crippen LogP contribution < -0.4 is 0 Å². The van der Waals surface area contributed by atoms with Gasteiger partial charge in [0.25, 0.3) is 0 Å². The van der Waals surface area contributed by atoms with Crippen LogP contribution in [0.1, 0.15) is 0 Å². The lowest BCUT2D eigenvalue weighted by atomic mass is 9.96. The second kappa shape index (κ2) is 5.21. The molecule has 0 aliphatic carbocycles. The molecule has 111 valence electrons. The van der Waals surface area contributed by atoms with Crippen molar-refractivity contribution in [1.82, 2.24) is 0 Å². The summed E-state index contributed by atoms with van der Waals surface area (Å²) in [5.41, 5.74) is 2.50. The van der Waals surface area contributed by atoms with Gasteiger partial charge < -0.3 is 0 Å². The predicted octanol–water partition coefficient (Wildman–Crippen LogP) is 6.61. The van der Waals surface area contributed by atoms with E-state index in [2.05, 4.69) is 84.9 Å². The maximum atomic E-state index is 3.28. The summed E-state index contributed by atoms with van der Waals surface area (Å²) in [7, 11) is 0. The van der Waals surface area contributed by atoms with E-state index in [0.29, 0.717) is 0 Å². The predicted molar refractivity (Wildman–Crippen MR) is 103 cm³/mol. The minimum Gasteiger partial charge on any atom is -0.0616 e. The molecule has 5 rings (SSSR count). The molecule has 0 nitrogen and oxygen atoms in total. The van der Waals surface area contributed by atoms with Gasteiger partial charge in [0.1, 0.15) is 0 Å². The van der Waals surface area contributed by atoms with Crippen molar-refractivity contribution >= 4 is 32.3 Å². The van der Waals surface area contributed by atoms with E-state index in [1.54, 1.807) is 0 Å². The summed E-state index contributed by atoms with van der Waals surface area (Å²) in [5, 5.41) is 7.58. The standard InChI is InChI=1S/C24H15/c1-2-7-20-15-21(13-9-17(20)5-1)22-14-12-19-11-10-18-6-3-4-8-23(18)24(19)16-22/h1-4,6-16H. The van der Waals surface area contributed by atoms with E-state index in [1.807, 2.05) is 12.1 Å². The Morgan fingerprint density at radius 2 is 1.21 bits per heavy atom. The zero-order valence-corrected chi connectivity index (χ0v) is 13.2. The number of fused-ring (bicyclic) bond motifs is 4. The van der Waals surface area contributed by atoms with E-state index in [-0.39, 0.29) is 0 Å². The van der Waals surface area contributed by atoms with Gasteiger partial charge in [-0.1, -0.05) is 78.9 Å². The van der Waals surface area contributed by atoms with E-state index in [1.165, 1.54) is 38.1 Å². The van der Waals surface area contributed by atoms with Gasteiger partial charge in [-0.25, -0.2) is 0 Å². The molecule has 0 aliphatic rings. The van der Waals surface area contributed by atoms with Crippen LogP contribution in [-0.4, -0.2) is 0 Å². The van der Waals surface area contributed by atoms with Crippen molar-refractivity contribution in [3.8, 4) is 11.1 Å². The Balaban J connectivity index is 1.77. The molecular formula is C24H15. The van der Waals surface area contributed by atoms with Crippen molar-refractivity contribution in [1.29, 1.82) is 0 Å². The Bertz CT molecular complexity index is 1200. The molecule has 0 saturated carbocycles. The molecule has 24 heavy (non-hydrogen) atoms. The summed E-state index contributed by atoms with van der Waals surface area (Å²) in [5.74, 6) is 0. The highest BCUT2D eigenvalue weighted by atomic mass is 14.1. The smallest absolute Gasteiger partial charge is 0.00992 e. The summed E-state index contributed by atoms with van der Waals surface area (Å²) >= 11 is 0. The first-order valence-electron chi connectivity index (χ1n) is 8.21. The zero-order valence-electron chi connectivity index (χ0n) is 13.2. The van der Waals surface area contributed by atoms with Crippen molar-refractivity contribution in [3.63, 3.8) is 0 Å². The first-order valence-corrected chi connectivity index (χ1v) is 8.21.